The zero-order valence-corrected chi connectivity index (χ0v) is 12.4. The Bertz CT molecular complexity index is 614. The zero-order chi connectivity index (χ0) is 14.8. The Morgan fingerprint density at radius 3 is 2.40 bits per heavy atom. The van der Waals surface area contributed by atoms with Gasteiger partial charge in [-0.2, -0.15) is 0 Å². The van der Waals surface area contributed by atoms with Crippen molar-refractivity contribution in [2.24, 2.45) is 0 Å². The van der Waals surface area contributed by atoms with Crippen molar-refractivity contribution in [2.45, 2.75) is 39.3 Å². The SMILES string of the molecule is C[C@@H](Oc1ccc2ccccc2c1)C(=O)NC(C)(C)C. The lowest BCUT2D eigenvalue weighted by Gasteiger charge is -2.23. The summed E-state index contributed by atoms with van der Waals surface area (Å²) in [5.74, 6) is 0.603. The van der Waals surface area contributed by atoms with E-state index in [0.29, 0.717) is 5.75 Å². The van der Waals surface area contributed by atoms with Crippen molar-refractivity contribution in [2.75, 3.05) is 0 Å². The fourth-order valence-corrected chi connectivity index (χ4v) is 1.97. The van der Waals surface area contributed by atoms with Gasteiger partial charge in [-0.25, -0.2) is 0 Å². The van der Waals surface area contributed by atoms with Gasteiger partial charge in [-0.05, 0) is 50.6 Å². The summed E-state index contributed by atoms with van der Waals surface area (Å²) in [6.07, 6.45) is -0.518. The maximum atomic E-state index is 12.0. The van der Waals surface area contributed by atoms with Crippen LogP contribution >= 0.6 is 0 Å². The maximum absolute atomic E-state index is 12.0. The number of ether oxygens (including phenoxy) is 1. The van der Waals surface area contributed by atoms with Crippen LogP contribution in [0, 0.1) is 0 Å². The van der Waals surface area contributed by atoms with Crippen LogP contribution in [0.15, 0.2) is 42.5 Å². The van der Waals surface area contributed by atoms with Crippen LogP contribution in [0.1, 0.15) is 27.7 Å². The average molecular weight is 271 g/mol. The van der Waals surface area contributed by atoms with Crippen molar-refractivity contribution in [3.8, 4) is 5.75 Å². The van der Waals surface area contributed by atoms with Crippen molar-refractivity contribution in [3.63, 3.8) is 0 Å². The van der Waals surface area contributed by atoms with Gasteiger partial charge in [0.15, 0.2) is 6.10 Å². The van der Waals surface area contributed by atoms with Crippen LogP contribution in [0.25, 0.3) is 10.8 Å². The smallest absolute Gasteiger partial charge is 0.261 e. The Hall–Kier alpha value is -2.03. The summed E-state index contributed by atoms with van der Waals surface area (Å²) in [7, 11) is 0. The van der Waals surface area contributed by atoms with Gasteiger partial charge in [-0.15, -0.1) is 0 Å². The fourth-order valence-electron chi connectivity index (χ4n) is 1.97. The highest BCUT2D eigenvalue weighted by Crippen LogP contribution is 2.21. The molecule has 0 aliphatic carbocycles. The summed E-state index contributed by atoms with van der Waals surface area (Å²) in [5.41, 5.74) is -0.252. The molecule has 0 fully saturated rings. The normalized spacial score (nSPS) is 13.0. The summed E-state index contributed by atoms with van der Waals surface area (Å²) in [5, 5.41) is 5.18. The van der Waals surface area contributed by atoms with Crippen LogP contribution in [-0.2, 0) is 4.79 Å². The van der Waals surface area contributed by atoms with Crippen LogP contribution < -0.4 is 10.1 Å². The number of amides is 1. The third-order valence-electron chi connectivity index (χ3n) is 2.90. The first-order chi connectivity index (χ1) is 9.35. The van der Waals surface area contributed by atoms with Crippen molar-refractivity contribution in [3.05, 3.63) is 42.5 Å². The van der Waals surface area contributed by atoms with E-state index in [1.165, 1.54) is 0 Å². The summed E-state index contributed by atoms with van der Waals surface area (Å²) in [6, 6.07) is 13.9. The van der Waals surface area contributed by atoms with E-state index in [-0.39, 0.29) is 11.4 Å². The second-order valence-electron chi connectivity index (χ2n) is 6.01. The molecule has 1 atom stereocenters. The second-order valence-corrected chi connectivity index (χ2v) is 6.01. The molecule has 1 N–H and O–H groups in total. The predicted molar refractivity (Wildman–Crippen MR) is 81.9 cm³/mol. The van der Waals surface area contributed by atoms with E-state index < -0.39 is 6.10 Å². The van der Waals surface area contributed by atoms with Gasteiger partial charge in [-0.1, -0.05) is 30.3 Å². The van der Waals surface area contributed by atoms with Gasteiger partial charge in [0, 0.05) is 5.54 Å². The minimum absolute atomic E-state index is 0.106. The van der Waals surface area contributed by atoms with Crippen molar-refractivity contribution >= 4 is 16.7 Å². The standard InChI is InChI=1S/C17H21NO2/c1-12(16(19)18-17(2,3)4)20-15-10-9-13-7-5-6-8-14(13)11-15/h5-12H,1-4H3,(H,18,19)/t12-/m1/s1. The number of benzene rings is 2. The van der Waals surface area contributed by atoms with Crippen LogP contribution in [-0.4, -0.2) is 17.6 Å². The molecule has 2 aromatic rings. The molecule has 3 heteroatoms. The summed E-state index contributed by atoms with van der Waals surface area (Å²) < 4.78 is 5.72. The minimum atomic E-state index is -0.518. The molecule has 3 nitrogen and oxygen atoms in total. The lowest BCUT2D eigenvalue weighted by Crippen LogP contribution is -2.46. The Morgan fingerprint density at radius 1 is 1.10 bits per heavy atom. The summed E-state index contributed by atoms with van der Waals surface area (Å²) in [4.78, 5) is 12.0. The number of rotatable bonds is 3. The van der Waals surface area contributed by atoms with E-state index in [1.54, 1.807) is 6.92 Å². The molecular weight excluding hydrogens is 250 g/mol. The van der Waals surface area contributed by atoms with Gasteiger partial charge in [0.25, 0.3) is 5.91 Å². The quantitative estimate of drug-likeness (QED) is 0.927. The number of carbonyl (C=O) groups is 1. The Balaban J connectivity index is 2.09. The molecule has 0 saturated carbocycles. The molecule has 106 valence electrons. The molecule has 0 heterocycles. The number of hydrogen-bond donors (Lipinski definition) is 1. The molecule has 0 aliphatic rings. The Morgan fingerprint density at radius 2 is 1.75 bits per heavy atom. The van der Waals surface area contributed by atoms with E-state index >= 15 is 0 Å². The number of nitrogens with one attached hydrogen (secondary N) is 1. The first-order valence-corrected chi connectivity index (χ1v) is 6.83. The van der Waals surface area contributed by atoms with E-state index in [0.717, 1.165) is 10.8 Å². The van der Waals surface area contributed by atoms with Crippen LogP contribution in [0.2, 0.25) is 0 Å². The molecule has 0 aliphatic heterocycles. The highest BCUT2D eigenvalue weighted by molar-refractivity contribution is 5.84. The highest BCUT2D eigenvalue weighted by atomic mass is 16.5. The van der Waals surface area contributed by atoms with Gasteiger partial charge >= 0.3 is 0 Å². The molecule has 2 rings (SSSR count). The largest absolute Gasteiger partial charge is 0.481 e. The van der Waals surface area contributed by atoms with E-state index in [2.05, 4.69) is 11.4 Å². The van der Waals surface area contributed by atoms with Gasteiger partial charge in [0.1, 0.15) is 5.75 Å². The predicted octanol–water partition coefficient (Wildman–Crippen LogP) is 3.52. The Labute approximate surface area is 119 Å². The number of hydrogen-bond acceptors (Lipinski definition) is 2. The van der Waals surface area contributed by atoms with Crippen molar-refractivity contribution < 1.29 is 9.53 Å². The molecule has 0 radical (unpaired) electrons. The van der Waals surface area contributed by atoms with Gasteiger partial charge in [0.05, 0.1) is 0 Å². The maximum Gasteiger partial charge on any atom is 0.261 e. The van der Waals surface area contributed by atoms with E-state index in [4.69, 9.17) is 4.74 Å². The molecule has 1 amide bonds. The topological polar surface area (TPSA) is 38.3 Å². The first-order valence-electron chi connectivity index (χ1n) is 6.83. The van der Waals surface area contributed by atoms with Gasteiger partial charge in [-0.3, -0.25) is 4.79 Å². The van der Waals surface area contributed by atoms with Gasteiger partial charge < -0.3 is 10.1 Å². The molecule has 20 heavy (non-hydrogen) atoms. The lowest BCUT2D eigenvalue weighted by molar-refractivity contribution is -0.128. The van der Waals surface area contributed by atoms with Crippen molar-refractivity contribution in [1.82, 2.24) is 5.32 Å². The summed E-state index contributed by atoms with van der Waals surface area (Å²) >= 11 is 0. The zero-order valence-electron chi connectivity index (χ0n) is 12.4. The van der Waals surface area contributed by atoms with Crippen LogP contribution in [0.5, 0.6) is 5.75 Å². The van der Waals surface area contributed by atoms with Crippen LogP contribution in [0.4, 0.5) is 0 Å². The molecule has 0 unspecified atom stereocenters. The molecule has 2 aromatic carbocycles. The molecule has 0 bridgehead atoms. The fraction of sp³-hybridized carbons (Fsp3) is 0.353. The molecule has 0 saturated heterocycles. The number of fused-ring (bicyclic) bond motifs is 1. The minimum Gasteiger partial charge on any atom is -0.481 e. The van der Waals surface area contributed by atoms with Crippen molar-refractivity contribution in [1.29, 1.82) is 0 Å². The second kappa shape index (κ2) is 5.53. The molecule has 0 spiro atoms. The van der Waals surface area contributed by atoms with Gasteiger partial charge in [0.2, 0.25) is 0 Å². The molecule has 0 aromatic heterocycles. The first kappa shape index (κ1) is 14.4. The lowest BCUT2D eigenvalue weighted by atomic mass is 10.1. The summed E-state index contributed by atoms with van der Waals surface area (Å²) in [6.45, 7) is 7.62. The average Bonchev–Trinajstić information content (AvgIpc) is 2.36. The van der Waals surface area contributed by atoms with E-state index in [9.17, 15) is 4.79 Å². The monoisotopic (exact) mass is 271 g/mol. The Kier molecular flexibility index (Phi) is 3.98. The molecular formula is C17H21NO2. The highest BCUT2D eigenvalue weighted by Gasteiger charge is 2.20. The number of carbonyl (C=O) groups excluding carboxylic acids is 1. The third-order valence-corrected chi connectivity index (χ3v) is 2.90. The van der Waals surface area contributed by atoms with E-state index in [1.807, 2.05) is 57.2 Å². The third kappa shape index (κ3) is 3.73. The van der Waals surface area contributed by atoms with Crippen LogP contribution in [0.3, 0.4) is 0 Å².